The number of ketones is 1. The highest BCUT2D eigenvalue weighted by molar-refractivity contribution is 7.99. The van der Waals surface area contributed by atoms with Gasteiger partial charge < -0.3 is 0 Å². The lowest BCUT2D eigenvalue weighted by molar-refractivity contribution is 0.102. The molecule has 1 aromatic heterocycles. The molecule has 66 valence electrons. The molecule has 0 amide bonds. The first-order chi connectivity index (χ1) is 5.74. The number of hydrogen-bond acceptors (Lipinski definition) is 3. The fourth-order valence-corrected chi connectivity index (χ4v) is 2.29. The third kappa shape index (κ3) is 2.64. The fraction of sp³-hybridized carbons (Fsp3) is 0.444. The minimum absolute atomic E-state index is 0.264. The zero-order valence-corrected chi connectivity index (χ0v) is 8.93. The number of thioether (sulfide) groups is 1. The lowest BCUT2D eigenvalue weighted by atomic mass is 10.3. The first kappa shape index (κ1) is 9.81. The maximum Gasteiger partial charge on any atom is 0.182 e. The first-order valence-electron chi connectivity index (χ1n) is 3.91. The molecule has 0 aromatic carbocycles. The van der Waals surface area contributed by atoms with Gasteiger partial charge in [-0.25, -0.2) is 0 Å². The highest BCUT2D eigenvalue weighted by atomic mass is 32.2. The minimum atomic E-state index is 0.264. The Morgan fingerprint density at radius 2 is 2.33 bits per heavy atom. The molecule has 0 atom stereocenters. The van der Waals surface area contributed by atoms with Gasteiger partial charge in [0.2, 0.25) is 0 Å². The van der Waals surface area contributed by atoms with Crippen LogP contribution in [-0.4, -0.2) is 17.3 Å². The fourth-order valence-electron chi connectivity index (χ4n) is 0.850. The number of hydrogen-bond donors (Lipinski definition) is 0. The van der Waals surface area contributed by atoms with Crippen molar-refractivity contribution in [3.05, 3.63) is 21.9 Å². The molecule has 0 saturated carbocycles. The summed E-state index contributed by atoms with van der Waals surface area (Å²) in [7, 11) is 0. The molecular weight excluding hydrogens is 188 g/mol. The predicted molar refractivity (Wildman–Crippen MR) is 56.4 cm³/mol. The van der Waals surface area contributed by atoms with E-state index in [2.05, 4.69) is 6.92 Å². The van der Waals surface area contributed by atoms with Gasteiger partial charge in [-0.05, 0) is 24.8 Å². The molecule has 0 saturated heterocycles. The second kappa shape index (κ2) is 4.67. The van der Waals surface area contributed by atoms with Gasteiger partial charge in [0.1, 0.15) is 0 Å². The van der Waals surface area contributed by atoms with Gasteiger partial charge in [-0.1, -0.05) is 6.92 Å². The Bertz CT molecular complexity index is 265. The van der Waals surface area contributed by atoms with Crippen molar-refractivity contribution in [2.75, 3.05) is 11.5 Å². The van der Waals surface area contributed by atoms with Crippen LogP contribution < -0.4 is 0 Å². The average Bonchev–Trinajstić information content (AvgIpc) is 2.47. The van der Waals surface area contributed by atoms with Gasteiger partial charge in [0, 0.05) is 4.88 Å². The minimum Gasteiger partial charge on any atom is -0.292 e. The van der Waals surface area contributed by atoms with Crippen molar-refractivity contribution in [1.29, 1.82) is 0 Å². The molecule has 3 heteroatoms. The standard InChI is InChI=1S/C9H12OS2/c1-3-11-6-8(10)9-5-4-7(2)12-9/h4-5H,3,6H2,1-2H3. The van der Waals surface area contributed by atoms with Crippen LogP contribution in [0.25, 0.3) is 0 Å². The van der Waals surface area contributed by atoms with Gasteiger partial charge in [0.05, 0.1) is 10.6 Å². The molecular formula is C9H12OS2. The van der Waals surface area contributed by atoms with E-state index in [1.165, 1.54) is 4.88 Å². The van der Waals surface area contributed by atoms with Crippen LogP contribution in [0.4, 0.5) is 0 Å². The van der Waals surface area contributed by atoms with Crippen LogP contribution in [0.1, 0.15) is 21.5 Å². The Labute approximate surface area is 81.2 Å². The first-order valence-corrected chi connectivity index (χ1v) is 5.88. The monoisotopic (exact) mass is 200 g/mol. The SMILES string of the molecule is CCSCC(=O)c1ccc(C)s1. The van der Waals surface area contributed by atoms with Crippen LogP contribution in [-0.2, 0) is 0 Å². The zero-order chi connectivity index (χ0) is 8.97. The predicted octanol–water partition coefficient (Wildman–Crippen LogP) is 2.99. The van der Waals surface area contributed by atoms with Crippen LogP contribution in [0.5, 0.6) is 0 Å². The van der Waals surface area contributed by atoms with E-state index in [0.717, 1.165) is 10.6 Å². The third-order valence-electron chi connectivity index (χ3n) is 1.45. The summed E-state index contributed by atoms with van der Waals surface area (Å²) in [6.07, 6.45) is 0. The maximum atomic E-state index is 11.4. The topological polar surface area (TPSA) is 17.1 Å². The lowest BCUT2D eigenvalue weighted by Crippen LogP contribution is -1.99. The molecule has 0 aliphatic heterocycles. The molecule has 0 unspecified atom stereocenters. The van der Waals surface area contributed by atoms with Crippen molar-refractivity contribution in [1.82, 2.24) is 0 Å². The molecule has 1 aromatic rings. The summed E-state index contributed by atoms with van der Waals surface area (Å²) in [6, 6.07) is 3.91. The van der Waals surface area contributed by atoms with E-state index in [9.17, 15) is 4.79 Å². The molecule has 0 spiro atoms. The Kier molecular flexibility index (Phi) is 3.82. The van der Waals surface area contributed by atoms with Crippen molar-refractivity contribution in [2.24, 2.45) is 0 Å². The average molecular weight is 200 g/mol. The summed E-state index contributed by atoms with van der Waals surface area (Å²) in [6.45, 7) is 4.09. The van der Waals surface area contributed by atoms with Gasteiger partial charge >= 0.3 is 0 Å². The van der Waals surface area contributed by atoms with Crippen molar-refractivity contribution < 1.29 is 4.79 Å². The van der Waals surface area contributed by atoms with E-state index in [1.807, 2.05) is 19.1 Å². The summed E-state index contributed by atoms with van der Waals surface area (Å²) >= 11 is 3.26. The molecule has 0 aliphatic carbocycles. The molecule has 1 rings (SSSR count). The van der Waals surface area contributed by atoms with E-state index in [1.54, 1.807) is 23.1 Å². The van der Waals surface area contributed by atoms with E-state index < -0.39 is 0 Å². The molecule has 12 heavy (non-hydrogen) atoms. The second-order valence-corrected chi connectivity index (χ2v) is 5.03. The van der Waals surface area contributed by atoms with Crippen molar-refractivity contribution in [2.45, 2.75) is 13.8 Å². The summed E-state index contributed by atoms with van der Waals surface area (Å²) < 4.78 is 0. The van der Waals surface area contributed by atoms with Crippen LogP contribution >= 0.6 is 23.1 Å². The van der Waals surface area contributed by atoms with Crippen LogP contribution in [0.3, 0.4) is 0 Å². The highest BCUT2D eigenvalue weighted by Crippen LogP contribution is 2.17. The van der Waals surface area contributed by atoms with Crippen molar-refractivity contribution in [3.8, 4) is 0 Å². The van der Waals surface area contributed by atoms with E-state index in [-0.39, 0.29) is 5.78 Å². The lowest BCUT2D eigenvalue weighted by Gasteiger charge is -1.94. The molecule has 0 radical (unpaired) electrons. The quantitative estimate of drug-likeness (QED) is 0.695. The van der Waals surface area contributed by atoms with E-state index >= 15 is 0 Å². The number of Topliss-reactive ketones (excluding diaryl/α,β-unsaturated/α-hetero) is 1. The molecule has 0 bridgehead atoms. The third-order valence-corrected chi connectivity index (χ3v) is 3.37. The van der Waals surface area contributed by atoms with Crippen molar-refractivity contribution in [3.63, 3.8) is 0 Å². The molecule has 1 nitrogen and oxygen atoms in total. The van der Waals surface area contributed by atoms with Gasteiger partial charge in [0.25, 0.3) is 0 Å². The molecule has 0 fully saturated rings. The number of carbonyl (C=O) groups is 1. The van der Waals surface area contributed by atoms with Gasteiger partial charge in [0.15, 0.2) is 5.78 Å². The smallest absolute Gasteiger partial charge is 0.182 e. The molecule has 0 aliphatic rings. The highest BCUT2D eigenvalue weighted by Gasteiger charge is 2.06. The van der Waals surface area contributed by atoms with Crippen LogP contribution in [0.2, 0.25) is 0 Å². The Hall–Kier alpha value is -0.280. The normalized spacial score (nSPS) is 10.2. The summed E-state index contributed by atoms with van der Waals surface area (Å²) in [5, 5.41) is 0. The van der Waals surface area contributed by atoms with Gasteiger partial charge in [-0.15, -0.1) is 11.3 Å². The number of aryl methyl sites for hydroxylation is 1. The van der Waals surface area contributed by atoms with Crippen LogP contribution in [0.15, 0.2) is 12.1 Å². The Morgan fingerprint density at radius 3 is 2.83 bits per heavy atom. The second-order valence-electron chi connectivity index (χ2n) is 2.47. The molecule has 0 N–H and O–H groups in total. The van der Waals surface area contributed by atoms with E-state index in [4.69, 9.17) is 0 Å². The van der Waals surface area contributed by atoms with Gasteiger partial charge in [-0.2, -0.15) is 11.8 Å². The van der Waals surface area contributed by atoms with E-state index in [0.29, 0.717) is 5.75 Å². The van der Waals surface area contributed by atoms with Crippen molar-refractivity contribution >= 4 is 28.9 Å². The number of thiophene rings is 1. The summed E-state index contributed by atoms with van der Waals surface area (Å²) in [5.41, 5.74) is 0. The Balaban J connectivity index is 2.53. The zero-order valence-electron chi connectivity index (χ0n) is 7.29. The summed E-state index contributed by atoms with van der Waals surface area (Å²) in [5.74, 6) is 1.90. The Morgan fingerprint density at radius 1 is 1.58 bits per heavy atom. The van der Waals surface area contributed by atoms with Gasteiger partial charge in [-0.3, -0.25) is 4.79 Å². The van der Waals surface area contributed by atoms with Crippen LogP contribution in [0, 0.1) is 6.92 Å². The molecule has 1 heterocycles. The summed E-state index contributed by atoms with van der Waals surface area (Å²) in [4.78, 5) is 13.5. The maximum absolute atomic E-state index is 11.4. The largest absolute Gasteiger partial charge is 0.292 e. The number of carbonyl (C=O) groups excluding carboxylic acids is 1. The number of rotatable bonds is 4.